The first-order chi connectivity index (χ1) is 10.7. The lowest BCUT2D eigenvalue weighted by Crippen LogP contribution is -2.56. The summed E-state index contributed by atoms with van der Waals surface area (Å²) in [6.45, 7) is 1.18. The van der Waals surface area contributed by atoms with Crippen molar-refractivity contribution in [3.8, 4) is 5.75 Å². The first-order valence-corrected chi connectivity index (χ1v) is 7.72. The molecule has 1 atom stereocenters. The lowest BCUT2D eigenvalue weighted by Gasteiger charge is -2.39. The largest absolute Gasteiger partial charge is 0.495 e. The number of hydrogen-bond donors (Lipinski definition) is 2. The topological polar surface area (TPSA) is 68.8 Å². The summed E-state index contributed by atoms with van der Waals surface area (Å²) < 4.78 is 16.8. The van der Waals surface area contributed by atoms with Crippen molar-refractivity contribution in [2.24, 2.45) is 0 Å². The zero-order chi connectivity index (χ0) is 15.4. The van der Waals surface area contributed by atoms with E-state index < -0.39 is 5.79 Å². The van der Waals surface area contributed by atoms with Crippen LogP contribution in [0.15, 0.2) is 24.3 Å². The zero-order valence-electron chi connectivity index (χ0n) is 12.8. The van der Waals surface area contributed by atoms with Gasteiger partial charge in [-0.25, -0.2) is 4.79 Å². The Bertz CT molecular complexity index is 529. The summed E-state index contributed by atoms with van der Waals surface area (Å²) in [5.41, 5.74) is 0.639. The van der Waals surface area contributed by atoms with Crippen LogP contribution in [0.4, 0.5) is 10.5 Å². The van der Waals surface area contributed by atoms with E-state index in [0.29, 0.717) is 24.7 Å². The molecular weight excluding hydrogens is 284 g/mol. The third kappa shape index (κ3) is 3.03. The summed E-state index contributed by atoms with van der Waals surface area (Å²) in [5.74, 6) is -0.0134. The maximum Gasteiger partial charge on any atom is 0.319 e. The van der Waals surface area contributed by atoms with Crippen LogP contribution < -0.4 is 15.4 Å². The predicted octanol–water partition coefficient (Wildman–Crippen LogP) is 2.50. The van der Waals surface area contributed by atoms with Crippen LogP contribution in [0.1, 0.15) is 25.7 Å². The normalized spacial score (nSPS) is 23.2. The number of ether oxygens (including phenoxy) is 3. The molecule has 2 N–H and O–H groups in total. The van der Waals surface area contributed by atoms with Crippen LogP contribution in [-0.2, 0) is 9.47 Å². The number of carbonyl (C=O) groups is 1. The summed E-state index contributed by atoms with van der Waals surface area (Å²) >= 11 is 0. The molecule has 0 bridgehead atoms. The van der Waals surface area contributed by atoms with Gasteiger partial charge in [-0.2, -0.15) is 0 Å². The van der Waals surface area contributed by atoms with Gasteiger partial charge in [0.2, 0.25) is 0 Å². The van der Waals surface area contributed by atoms with Crippen molar-refractivity contribution in [1.29, 1.82) is 0 Å². The predicted molar refractivity (Wildman–Crippen MR) is 82.0 cm³/mol. The van der Waals surface area contributed by atoms with Crippen LogP contribution in [-0.4, -0.2) is 38.2 Å². The number of nitrogens with one attached hydrogen (secondary N) is 2. The number of rotatable bonds is 3. The van der Waals surface area contributed by atoms with Gasteiger partial charge in [-0.15, -0.1) is 0 Å². The van der Waals surface area contributed by atoms with Gasteiger partial charge in [-0.05, 0) is 25.0 Å². The van der Waals surface area contributed by atoms with Crippen LogP contribution in [0.25, 0.3) is 0 Å². The minimum Gasteiger partial charge on any atom is -0.495 e. The van der Waals surface area contributed by atoms with E-state index in [4.69, 9.17) is 14.2 Å². The highest BCUT2D eigenvalue weighted by Crippen LogP contribution is 2.36. The van der Waals surface area contributed by atoms with E-state index in [-0.39, 0.29) is 12.1 Å². The van der Waals surface area contributed by atoms with Gasteiger partial charge in [0.25, 0.3) is 0 Å². The molecule has 2 amide bonds. The van der Waals surface area contributed by atoms with Crippen LogP contribution in [0.2, 0.25) is 0 Å². The lowest BCUT2D eigenvalue weighted by molar-refractivity contribution is -0.192. The zero-order valence-corrected chi connectivity index (χ0v) is 12.8. The summed E-state index contributed by atoms with van der Waals surface area (Å²) in [6.07, 6.45) is 3.81. The SMILES string of the molecule is COc1ccccc1NC(=O)NC1CCCCC12OCCO2. The summed E-state index contributed by atoms with van der Waals surface area (Å²) in [6, 6.07) is 6.92. The average molecular weight is 306 g/mol. The number of anilines is 1. The minimum absolute atomic E-state index is 0.126. The van der Waals surface area contributed by atoms with Crippen LogP contribution in [0.3, 0.4) is 0 Å². The van der Waals surface area contributed by atoms with Crippen molar-refractivity contribution < 1.29 is 19.0 Å². The first-order valence-electron chi connectivity index (χ1n) is 7.72. The Labute approximate surface area is 130 Å². The van der Waals surface area contributed by atoms with Crippen LogP contribution in [0, 0.1) is 0 Å². The molecule has 6 heteroatoms. The molecule has 1 aliphatic carbocycles. The smallest absolute Gasteiger partial charge is 0.319 e. The third-order valence-corrected chi connectivity index (χ3v) is 4.24. The average Bonchev–Trinajstić information content (AvgIpc) is 2.99. The van der Waals surface area contributed by atoms with E-state index in [1.807, 2.05) is 12.1 Å². The molecule has 1 unspecified atom stereocenters. The molecule has 3 rings (SSSR count). The molecule has 22 heavy (non-hydrogen) atoms. The standard InChI is InChI=1S/C16H22N2O4/c1-20-13-7-3-2-6-12(13)17-15(19)18-14-8-4-5-9-16(14)21-10-11-22-16/h2-3,6-7,14H,4-5,8-11H2,1H3,(H2,17,18,19). The molecule has 1 saturated heterocycles. The number of benzene rings is 1. The molecule has 1 heterocycles. The second kappa shape index (κ2) is 6.54. The molecule has 1 saturated carbocycles. The van der Waals surface area contributed by atoms with E-state index in [2.05, 4.69) is 10.6 Å². The molecule has 1 aromatic carbocycles. The van der Waals surface area contributed by atoms with Crippen molar-refractivity contribution in [3.63, 3.8) is 0 Å². The van der Waals surface area contributed by atoms with Crippen molar-refractivity contribution >= 4 is 11.7 Å². The lowest BCUT2D eigenvalue weighted by atomic mass is 9.89. The third-order valence-electron chi connectivity index (χ3n) is 4.24. The molecule has 120 valence electrons. The fourth-order valence-electron chi connectivity index (χ4n) is 3.18. The molecule has 0 radical (unpaired) electrons. The summed E-state index contributed by atoms with van der Waals surface area (Å²) in [5, 5.41) is 5.82. The Morgan fingerprint density at radius 1 is 1.27 bits per heavy atom. The molecule has 2 aliphatic rings. The van der Waals surface area contributed by atoms with E-state index in [1.54, 1.807) is 19.2 Å². The number of urea groups is 1. The number of methoxy groups -OCH3 is 1. The molecule has 0 aromatic heterocycles. The van der Waals surface area contributed by atoms with E-state index >= 15 is 0 Å². The Morgan fingerprint density at radius 3 is 2.82 bits per heavy atom. The van der Waals surface area contributed by atoms with Gasteiger partial charge in [-0.3, -0.25) is 0 Å². The number of hydrogen-bond acceptors (Lipinski definition) is 4. The summed E-state index contributed by atoms with van der Waals surface area (Å²) in [7, 11) is 1.58. The van der Waals surface area contributed by atoms with Gasteiger partial charge < -0.3 is 24.8 Å². The van der Waals surface area contributed by atoms with E-state index in [1.165, 1.54) is 0 Å². The van der Waals surface area contributed by atoms with Crippen molar-refractivity contribution in [3.05, 3.63) is 24.3 Å². The molecule has 1 aliphatic heterocycles. The molecule has 6 nitrogen and oxygen atoms in total. The first kappa shape index (κ1) is 15.1. The highest BCUT2D eigenvalue weighted by Gasteiger charge is 2.46. The molecule has 1 aromatic rings. The van der Waals surface area contributed by atoms with Gasteiger partial charge in [0, 0.05) is 6.42 Å². The fourth-order valence-corrected chi connectivity index (χ4v) is 3.18. The highest BCUT2D eigenvalue weighted by atomic mass is 16.7. The van der Waals surface area contributed by atoms with Crippen molar-refractivity contribution in [2.75, 3.05) is 25.6 Å². The molecule has 1 spiro atoms. The quantitative estimate of drug-likeness (QED) is 0.900. The number of carbonyl (C=O) groups excluding carboxylic acids is 1. The van der Waals surface area contributed by atoms with Gasteiger partial charge in [0.15, 0.2) is 5.79 Å². The van der Waals surface area contributed by atoms with Crippen LogP contribution in [0.5, 0.6) is 5.75 Å². The van der Waals surface area contributed by atoms with E-state index in [0.717, 1.165) is 25.7 Å². The molecule has 2 fully saturated rings. The maximum atomic E-state index is 12.3. The number of amides is 2. The Morgan fingerprint density at radius 2 is 2.05 bits per heavy atom. The monoisotopic (exact) mass is 306 g/mol. The van der Waals surface area contributed by atoms with Gasteiger partial charge >= 0.3 is 6.03 Å². The Balaban J connectivity index is 1.65. The minimum atomic E-state index is -0.642. The molecular formula is C16H22N2O4. The van der Waals surface area contributed by atoms with Crippen molar-refractivity contribution in [2.45, 2.75) is 37.5 Å². The van der Waals surface area contributed by atoms with Crippen LogP contribution >= 0.6 is 0 Å². The van der Waals surface area contributed by atoms with Crippen molar-refractivity contribution in [1.82, 2.24) is 5.32 Å². The Hall–Kier alpha value is -1.79. The second-order valence-corrected chi connectivity index (χ2v) is 5.61. The van der Waals surface area contributed by atoms with Gasteiger partial charge in [-0.1, -0.05) is 18.6 Å². The van der Waals surface area contributed by atoms with E-state index in [9.17, 15) is 4.79 Å². The second-order valence-electron chi connectivity index (χ2n) is 5.61. The summed E-state index contributed by atoms with van der Waals surface area (Å²) in [4.78, 5) is 12.3. The van der Waals surface area contributed by atoms with Gasteiger partial charge in [0.1, 0.15) is 5.75 Å². The van der Waals surface area contributed by atoms with Gasteiger partial charge in [0.05, 0.1) is 32.1 Å². The fraction of sp³-hybridized carbons (Fsp3) is 0.562. The number of para-hydroxylation sites is 2. The Kier molecular flexibility index (Phi) is 4.49. The maximum absolute atomic E-state index is 12.3. The highest BCUT2D eigenvalue weighted by molar-refractivity contribution is 5.91.